The Kier molecular flexibility index (Phi) is 6.12. The van der Waals surface area contributed by atoms with Crippen LogP contribution < -0.4 is 5.32 Å². The summed E-state index contributed by atoms with van der Waals surface area (Å²) in [5.41, 5.74) is 0.436. The number of nitrogens with one attached hydrogen (secondary N) is 1. The number of rotatable bonds is 5. The van der Waals surface area contributed by atoms with E-state index in [0.29, 0.717) is 38.8 Å². The van der Waals surface area contributed by atoms with E-state index in [2.05, 4.69) is 20.3 Å². The minimum Gasteiger partial charge on any atom is -0.377 e. The Balaban J connectivity index is 1.35. The van der Waals surface area contributed by atoms with Crippen LogP contribution in [-0.2, 0) is 14.3 Å². The highest BCUT2D eigenvalue weighted by Gasteiger charge is 2.43. The van der Waals surface area contributed by atoms with Gasteiger partial charge in [0.15, 0.2) is 0 Å². The summed E-state index contributed by atoms with van der Waals surface area (Å²) in [5, 5.41) is 3.21. The number of aromatic nitrogens is 3. The zero-order chi connectivity index (χ0) is 19.9. The van der Waals surface area contributed by atoms with E-state index < -0.39 is 5.60 Å². The molecule has 1 amide bonds. The first-order valence-corrected chi connectivity index (χ1v) is 9.86. The van der Waals surface area contributed by atoms with E-state index in [1.54, 1.807) is 43.0 Å². The predicted molar refractivity (Wildman–Crippen MR) is 108 cm³/mol. The van der Waals surface area contributed by atoms with Crippen LogP contribution in [0.15, 0.2) is 49.1 Å². The Morgan fingerprint density at radius 3 is 3.03 bits per heavy atom. The average molecular weight is 395 g/mol. The zero-order valence-corrected chi connectivity index (χ0v) is 16.2. The number of carbonyl (C=O) groups is 1. The topological polar surface area (TPSA) is 89.5 Å². The van der Waals surface area contributed by atoms with E-state index in [-0.39, 0.29) is 12.0 Å². The third-order valence-electron chi connectivity index (χ3n) is 5.16. The number of pyridine rings is 1. The second kappa shape index (κ2) is 9.11. The van der Waals surface area contributed by atoms with Gasteiger partial charge in [0.25, 0.3) is 0 Å². The Hall–Kier alpha value is -2.84. The summed E-state index contributed by atoms with van der Waals surface area (Å²) in [6, 6.07) is 5.54. The maximum absolute atomic E-state index is 12.7. The molecular weight excluding hydrogens is 370 g/mol. The summed E-state index contributed by atoms with van der Waals surface area (Å²) < 4.78 is 12.2. The van der Waals surface area contributed by atoms with Crippen LogP contribution in [0.1, 0.15) is 18.4 Å². The van der Waals surface area contributed by atoms with Gasteiger partial charge in [-0.05, 0) is 36.6 Å². The Morgan fingerprint density at radius 1 is 1.31 bits per heavy atom. The van der Waals surface area contributed by atoms with E-state index in [9.17, 15) is 4.79 Å². The number of carbonyl (C=O) groups excluding carboxylic acids is 1. The van der Waals surface area contributed by atoms with Crippen molar-refractivity contribution < 1.29 is 14.3 Å². The summed E-state index contributed by atoms with van der Waals surface area (Å²) in [6.07, 6.45) is 12.0. The molecule has 2 aliphatic rings. The molecule has 152 valence electrons. The SMILES string of the molecule is O=C(/C=C/c1cccnc1)N1CCOC[C@@]2(CC[C@@H](CNc3ncccn3)O2)C1. The molecule has 0 radical (unpaired) electrons. The minimum absolute atomic E-state index is 0.0309. The van der Waals surface area contributed by atoms with Crippen molar-refractivity contribution in [2.75, 3.05) is 38.2 Å². The summed E-state index contributed by atoms with van der Waals surface area (Å²) in [4.78, 5) is 27.0. The second-order valence-corrected chi connectivity index (χ2v) is 7.35. The first-order chi connectivity index (χ1) is 14.2. The molecule has 0 unspecified atom stereocenters. The summed E-state index contributed by atoms with van der Waals surface area (Å²) >= 11 is 0. The van der Waals surface area contributed by atoms with Gasteiger partial charge in [-0.15, -0.1) is 0 Å². The van der Waals surface area contributed by atoms with Gasteiger partial charge in [-0.3, -0.25) is 9.78 Å². The number of hydrogen-bond donors (Lipinski definition) is 1. The minimum atomic E-state index is -0.460. The highest BCUT2D eigenvalue weighted by atomic mass is 16.6. The number of hydrogen-bond acceptors (Lipinski definition) is 7. The van der Waals surface area contributed by atoms with E-state index in [1.165, 1.54) is 0 Å². The highest BCUT2D eigenvalue weighted by molar-refractivity contribution is 5.91. The molecule has 2 fully saturated rings. The molecule has 4 rings (SSSR count). The monoisotopic (exact) mass is 395 g/mol. The van der Waals surface area contributed by atoms with Crippen LogP contribution in [-0.4, -0.2) is 70.3 Å². The van der Waals surface area contributed by atoms with E-state index >= 15 is 0 Å². The van der Waals surface area contributed by atoms with E-state index in [0.717, 1.165) is 18.4 Å². The van der Waals surface area contributed by atoms with Crippen molar-refractivity contribution in [3.05, 3.63) is 54.6 Å². The number of ether oxygens (including phenoxy) is 2. The van der Waals surface area contributed by atoms with Crippen LogP contribution in [0.4, 0.5) is 5.95 Å². The first kappa shape index (κ1) is 19.5. The lowest BCUT2D eigenvalue weighted by Crippen LogP contribution is -2.46. The fraction of sp³-hybridized carbons (Fsp3) is 0.429. The quantitative estimate of drug-likeness (QED) is 0.772. The number of amides is 1. The molecule has 0 aliphatic carbocycles. The standard InChI is InChI=1S/C21H25N5O3/c27-19(5-4-17-3-1-8-22-13-17)26-11-12-28-16-21(15-26)7-6-18(29-21)14-25-20-23-9-2-10-24-20/h1-5,8-10,13,18H,6-7,11-12,14-16H2,(H,23,24,25)/b5-4+/t18-,21+/m0/s1. The molecule has 0 saturated carbocycles. The summed E-state index contributed by atoms with van der Waals surface area (Å²) in [6.45, 7) is 2.73. The highest BCUT2D eigenvalue weighted by Crippen LogP contribution is 2.33. The van der Waals surface area contributed by atoms with Crippen molar-refractivity contribution in [3.63, 3.8) is 0 Å². The van der Waals surface area contributed by atoms with Gasteiger partial charge < -0.3 is 19.7 Å². The van der Waals surface area contributed by atoms with Crippen LogP contribution in [0.3, 0.4) is 0 Å². The predicted octanol–water partition coefficient (Wildman–Crippen LogP) is 1.77. The van der Waals surface area contributed by atoms with E-state index in [1.807, 2.05) is 17.0 Å². The Bertz CT molecular complexity index is 833. The van der Waals surface area contributed by atoms with Crippen LogP contribution in [0.5, 0.6) is 0 Å². The lowest BCUT2D eigenvalue weighted by atomic mass is 10.00. The molecule has 2 saturated heterocycles. The molecule has 2 aliphatic heterocycles. The largest absolute Gasteiger partial charge is 0.377 e. The zero-order valence-electron chi connectivity index (χ0n) is 16.2. The summed E-state index contributed by atoms with van der Waals surface area (Å²) in [7, 11) is 0. The van der Waals surface area contributed by atoms with Crippen molar-refractivity contribution in [1.82, 2.24) is 19.9 Å². The molecule has 2 aromatic heterocycles. The fourth-order valence-corrected chi connectivity index (χ4v) is 3.70. The first-order valence-electron chi connectivity index (χ1n) is 9.86. The second-order valence-electron chi connectivity index (χ2n) is 7.35. The molecule has 29 heavy (non-hydrogen) atoms. The van der Waals surface area contributed by atoms with Crippen LogP contribution in [0, 0.1) is 0 Å². The molecule has 2 atom stereocenters. The van der Waals surface area contributed by atoms with Crippen molar-refractivity contribution in [3.8, 4) is 0 Å². The molecular formula is C21H25N5O3. The molecule has 0 bridgehead atoms. The lowest BCUT2D eigenvalue weighted by Gasteiger charge is -2.31. The van der Waals surface area contributed by atoms with Gasteiger partial charge in [0.05, 0.1) is 25.9 Å². The van der Waals surface area contributed by atoms with Crippen molar-refractivity contribution in [2.24, 2.45) is 0 Å². The maximum atomic E-state index is 12.7. The molecule has 1 N–H and O–H groups in total. The molecule has 0 aromatic carbocycles. The van der Waals surface area contributed by atoms with Gasteiger partial charge in [0.1, 0.15) is 5.60 Å². The van der Waals surface area contributed by atoms with Crippen molar-refractivity contribution in [2.45, 2.75) is 24.5 Å². The third-order valence-corrected chi connectivity index (χ3v) is 5.16. The molecule has 8 nitrogen and oxygen atoms in total. The number of anilines is 1. The number of nitrogens with zero attached hydrogens (tertiary/aromatic N) is 4. The van der Waals surface area contributed by atoms with Gasteiger partial charge in [-0.2, -0.15) is 0 Å². The van der Waals surface area contributed by atoms with Crippen LogP contribution in [0.25, 0.3) is 6.08 Å². The maximum Gasteiger partial charge on any atom is 0.246 e. The van der Waals surface area contributed by atoms with Gasteiger partial charge in [-0.1, -0.05) is 6.07 Å². The summed E-state index contributed by atoms with van der Waals surface area (Å²) in [5.74, 6) is 0.549. The van der Waals surface area contributed by atoms with Gasteiger partial charge in [0.2, 0.25) is 11.9 Å². The molecule has 2 aromatic rings. The normalized spacial score (nSPS) is 24.7. The molecule has 4 heterocycles. The average Bonchev–Trinajstić information content (AvgIpc) is 3.04. The molecule has 1 spiro atoms. The van der Waals surface area contributed by atoms with Crippen LogP contribution >= 0.6 is 0 Å². The smallest absolute Gasteiger partial charge is 0.246 e. The van der Waals surface area contributed by atoms with Gasteiger partial charge >= 0.3 is 0 Å². The molecule has 8 heteroatoms. The van der Waals surface area contributed by atoms with Crippen molar-refractivity contribution in [1.29, 1.82) is 0 Å². The van der Waals surface area contributed by atoms with Gasteiger partial charge in [-0.25, -0.2) is 9.97 Å². The van der Waals surface area contributed by atoms with E-state index in [4.69, 9.17) is 9.47 Å². The van der Waals surface area contributed by atoms with Gasteiger partial charge in [0, 0.05) is 44.0 Å². The lowest BCUT2D eigenvalue weighted by molar-refractivity contribution is -0.130. The van der Waals surface area contributed by atoms with Crippen LogP contribution in [0.2, 0.25) is 0 Å². The Morgan fingerprint density at radius 2 is 2.21 bits per heavy atom. The van der Waals surface area contributed by atoms with Crippen molar-refractivity contribution >= 4 is 17.9 Å². The Labute approximate surface area is 170 Å². The third kappa shape index (κ3) is 5.16. The fourth-order valence-electron chi connectivity index (χ4n) is 3.70.